The van der Waals surface area contributed by atoms with E-state index in [2.05, 4.69) is 24.1 Å². The molecule has 3 saturated heterocycles. The number of carbonyl (C=O) groups excluding carboxylic acids is 2. The topological polar surface area (TPSA) is 53.1 Å². The van der Waals surface area contributed by atoms with Crippen LogP contribution in [-0.4, -0.2) is 67.2 Å². The van der Waals surface area contributed by atoms with Crippen LogP contribution in [0.4, 0.5) is 10.5 Å². The van der Waals surface area contributed by atoms with E-state index in [1.807, 2.05) is 35.2 Å². The summed E-state index contributed by atoms with van der Waals surface area (Å²) in [4.78, 5) is 32.6. The summed E-state index contributed by atoms with van der Waals surface area (Å²) in [6, 6.07) is 17.5. The maximum absolute atomic E-state index is 14.0. The van der Waals surface area contributed by atoms with Crippen molar-refractivity contribution in [3.8, 4) is 0 Å². The smallest absolute Gasteiger partial charge is 0.415 e. The maximum atomic E-state index is 14.0. The summed E-state index contributed by atoms with van der Waals surface area (Å²) in [7, 11) is 2.12. The van der Waals surface area contributed by atoms with E-state index in [9.17, 15) is 9.59 Å². The third-order valence-electron chi connectivity index (χ3n) is 7.48. The first-order valence-electron chi connectivity index (χ1n) is 11.7. The largest absolute Gasteiger partial charge is 0.439 e. The minimum atomic E-state index is -0.658. The summed E-state index contributed by atoms with van der Waals surface area (Å²) in [5.74, 6) is 0.202. The molecule has 5 rings (SSSR count). The molecule has 2 aromatic rings. The van der Waals surface area contributed by atoms with Gasteiger partial charge in [-0.2, -0.15) is 0 Å². The fraction of sp³-hybridized carbons (Fsp3) is 0.462. The summed E-state index contributed by atoms with van der Waals surface area (Å²) in [6.45, 7) is 3.32. The van der Waals surface area contributed by atoms with Crippen LogP contribution in [0.15, 0.2) is 54.6 Å². The zero-order valence-corrected chi connectivity index (χ0v) is 19.8. The van der Waals surface area contributed by atoms with Crippen molar-refractivity contribution in [2.24, 2.45) is 5.41 Å². The van der Waals surface area contributed by atoms with Crippen LogP contribution in [0.25, 0.3) is 0 Å². The number of carbonyl (C=O) groups is 2. The second kappa shape index (κ2) is 8.65. The highest BCUT2D eigenvalue weighted by atomic mass is 35.5. The molecular weight excluding hydrogens is 438 g/mol. The summed E-state index contributed by atoms with van der Waals surface area (Å²) >= 11 is 6.13. The number of likely N-dealkylation sites (tertiary alicyclic amines) is 2. The van der Waals surface area contributed by atoms with E-state index >= 15 is 0 Å². The Morgan fingerprint density at radius 3 is 2.48 bits per heavy atom. The van der Waals surface area contributed by atoms with E-state index in [-0.39, 0.29) is 12.0 Å². The Bertz CT molecular complexity index is 1040. The van der Waals surface area contributed by atoms with Gasteiger partial charge in [0.05, 0.1) is 18.5 Å². The van der Waals surface area contributed by atoms with Gasteiger partial charge in [0.15, 0.2) is 5.60 Å². The molecule has 2 aromatic carbocycles. The molecule has 174 valence electrons. The van der Waals surface area contributed by atoms with Crippen LogP contribution in [0.1, 0.15) is 24.8 Å². The highest BCUT2D eigenvalue weighted by Gasteiger charge is 2.53. The number of piperidine rings is 1. The van der Waals surface area contributed by atoms with Crippen LogP contribution in [0.3, 0.4) is 0 Å². The molecule has 3 fully saturated rings. The predicted octanol–water partition coefficient (Wildman–Crippen LogP) is 4.22. The molecule has 1 atom stereocenters. The van der Waals surface area contributed by atoms with Crippen LogP contribution in [0.2, 0.25) is 5.02 Å². The Morgan fingerprint density at radius 2 is 1.76 bits per heavy atom. The van der Waals surface area contributed by atoms with E-state index in [0.717, 1.165) is 38.0 Å². The molecule has 3 aliphatic rings. The Labute approximate surface area is 200 Å². The van der Waals surface area contributed by atoms with Gasteiger partial charge in [-0.3, -0.25) is 9.69 Å². The fourth-order valence-corrected chi connectivity index (χ4v) is 5.72. The van der Waals surface area contributed by atoms with Gasteiger partial charge in [-0.1, -0.05) is 48.0 Å². The van der Waals surface area contributed by atoms with Crippen LogP contribution >= 0.6 is 11.6 Å². The van der Waals surface area contributed by atoms with Gasteiger partial charge in [0, 0.05) is 23.7 Å². The number of halogens is 1. The number of amides is 2. The summed E-state index contributed by atoms with van der Waals surface area (Å²) in [5, 5.41) is 0.578. The molecule has 0 aromatic heterocycles. The second-order valence-corrected chi connectivity index (χ2v) is 10.3. The molecule has 0 bridgehead atoms. The third-order valence-corrected chi connectivity index (χ3v) is 7.71. The molecular formula is C26H30ClN3O3. The van der Waals surface area contributed by atoms with Crippen molar-refractivity contribution in [3.05, 3.63) is 65.2 Å². The van der Waals surface area contributed by atoms with Crippen molar-refractivity contribution in [2.45, 2.75) is 31.3 Å². The number of rotatable bonds is 4. The Balaban J connectivity index is 1.34. The minimum absolute atomic E-state index is 0.202. The van der Waals surface area contributed by atoms with Crippen LogP contribution in [0.5, 0.6) is 0 Å². The Morgan fingerprint density at radius 1 is 1.00 bits per heavy atom. The third kappa shape index (κ3) is 4.34. The summed E-state index contributed by atoms with van der Waals surface area (Å²) in [5.41, 5.74) is 0.858. The van der Waals surface area contributed by atoms with Crippen molar-refractivity contribution in [1.82, 2.24) is 9.80 Å². The van der Waals surface area contributed by atoms with Gasteiger partial charge in [0.25, 0.3) is 0 Å². The SMILES string of the molecule is CN1CCC(Cc2ccccc2)(C(=O)N2CC[C@]3(C2)CN(c2cccc(Cl)c2)C(=O)O3)CC1. The lowest BCUT2D eigenvalue weighted by Crippen LogP contribution is -2.51. The molecule has 1 spiro atoms. The molecule has 7 heteroatoms. The number of hydrogen-bond donors (Lipinski definition) is 0. The molecule has 3 heterocycles. The lowest BCUT2D eigenvalue weighted by molar-refractivity contribution is -0.144. The zero-order chi connectivity index (χ0) is 23.1. The number of ether oxygens (including phenoxy) is 1. The maximum Gasteiger partial charge on any atom is 0.415 e. The van der Waals surface area contributed by atoms with E-state index < -0.39 is 11.0 Å². The van der Waals surface area contributed by atoms with Gasteiger partial charge in [0.2, 0.25) is 5.91 Å². The van der Waals surface area contributed by atoms with Crippen molar-refractivity contribution < 1.29 is 14.3 Å². The van der Waals surface area contributed by atoms with E-state index in [4.69, 9.17) is 16.3 Å². The van der Waals surface area contributed by atoms with Gasteiger partial charge in [-0.25, -0.2) is 4.79 Å². The van der Waals surface area contributed by atoms with Crippen LogP contribution in [0, 0.1) is 5.41 Å². The Hall–Kier alpha value is -2.57. The average Bonchev–Trinajstić information content (AvgIpc) is 3.38. The molecule has 0 saturated carbocycles. The molecule has 2 amide bonds. The van der Waals surface area contributed by atoms with E-state index in [0.29, 0.717) is 31.1 Å². The Kier molecular flexibility index (Phi) is 5.83. The highest BCUT2D eigenvalue weighted by molar-refractivity contribution is 6.30. The lowest BCUT2D eigenvalue weighted by atomic mass is 9.72. The van der Waals surface area contributed by atoms with Crippen LogP contribution in [-0.2, 0) is 16.0 Å². The molecule has 33 heavy (non-hydrogen) atoms. The quantitative estimate of drug-likeness (QED) is 0.675. The van der Waals surface area contributed by atoms with Crippen LogP contribution < -0.4 is 4.90 Å². The average molecular weight is 468 g/mol. The van der Waals surface area contributed by atoms with E-state index in [1.165, 1.54) is 5.56 Å². The van der Waals surface area contributed by atoms with Gasteiger partial charge < -0.3 is 14.5 Å². The first-order chi connectivity index (χ1) is 15.9. The summed E-state index contributed by atoms with van der Waals surface area (Å²) < 4.78 is 5.89. The zero-order valence-electron chi connectivity index (χ0n) is 19.0. The molecule has 0 radical (unpaired) electrons. The van der Waals surface area contributed by atoms with Crippen molar-refractivity contribution in [1.29, 1.82) is 0 Å². The fourth-order valence-electron chi connectivity index (χ4n) is 5.53. The van der Waals surface area contributed by atoms with Gasteiger partial charge in [-0.15, -0.1) is 0 Å². The lowest BCUT2D eigenvalue weighted by Gasteiger charge is -2.42. The molecule has 0 unspecified atom stereocenters. The molecule has 0 aliphatic carbocycles. The second-order valence-electron chi connectivity index (χ2n) is 9.84. The van der Waals surface area contributed by atoms with Crippen molar-refractivity contribution in [2.75, 3.05) is 44.7 Å². The number of nitrogens with zero attached hydrogens (tertiary/aromatic N) is 3. The minimum Gasteiger partial charge on any atom is -0.439 e. The predicted molar refractivity (Wildman–Crippen MR) is 129 cm³/mol. The molecule has 0 N–H and O–H groups in total. The highest BCUT2D eigenvalue weighted by Crippen LogP contribution is 2.41. The number of anilines is 1. The van der Waals surface area contributed by atoms with Crippen molar-refractivity contribution >= 4 is 29.3 Å². The first-order valence-corrected chi connectivity index (χ1v) is 12.0. The van der Waals surface area contributed by atoms with Gasteiger partial charge in [-0.05, 0) is 63.2 Å². The van der Waals surface area contributed by atoms with Gasteiger partial charge in [0.1, 0.15) is 0 Å². The standard InChI is InChI=1S/C26H30ClN3O3/c1-28-13-10-25(11-14-28,17-20-6-3-2-4-7-20)23(31)29-15-12-26(18-29)19-30(24(32)33-26)22-9-5-8-21(27)16-22/h2-9,16H,10-15,17-19H2,1H3/t26-/m0/s1. The monoisotopic (exact) mass is 467 g/mol. The van der Waals surface area contributed by atoms with Gasteiger partial charge >= 0.3 is 6.09 Å². The molecule has 6 nitrogen and oxygen atoms in total. The number of hydrogen-bond acceptors (Lipinski definition) is 4. The molecule has 3 aliphatic heterocycles. The normalized spacial score (nSPS) is 25.0. The van der Waals surface area contributed by atoms with Crippen molar-refractivity contribution in [3.63, 3.8) is 0 Å². The van der Waals surface area contributed by atoms with E-state index in [1.54, 1.807) is 17.0 Å². The first kappa shape index (κ1) is 22.2. The summed E-state index contributed by atoms with van der Waals surface area (Å²) in [6.07, 6.45) is 2.72. The number of benzene rings is 2.